The molecule has 0 saturated heterocycles. The molecule has 0 radical (unpaired) electrons. The van der Waals surface area contributed by atoms with E-state index in [2.05, 4.69) is 22.4 Å². The summed E-state index contributed by atoms with van der Waals surface area (Å²) in [6.07, 6.45) is 1.81. The number of hydrogen-bond donors (Lipinski definition) is 1. The molecule has 3 rings (SSSR count). The summed E-state index contributed by atoms with van der Waals surface area (Å²) in [5, 5.41) is 4.23. The lowest BCUT2D eigenvalue weighted by atomic mass is 10.2. The van der Waals surface area contributed by atoms with E-state index in [1.54, 1.807) is 0 Å². The van der Waals surface area contributed by atoms with Crippen LogP contribution in [-0.4, -0.2) is 12.0 Å². The quantitative estimate of drug-likeness (QED) is 0.691. The van der Waals surface area contributed by atoms with E-state index in [0.29, 0.717) is 0 Å². The molecule has 0 spiro atoms. The zero-order valence-corrected chi connectivity index (χ0v) is 10.4. The van der Waals surface area contributed by atoms with Crippen molar-refractivity contribution in [1.82, 2.24) is 4.98 Å². The molecule has 0 unspecified atom stereocenters. The highest BCUT2D eigenvalue weighted by Gasteiger charge is 1.86. The fraction of sp³-hybridized carbons (Fsp3) is 0.0625. The van der Waals surface area contributed by atoms with Gasteiger partial charge in [-0.1, -0.05) is 42.5 Å². The average molecular weight is 236 g/mol. The van der Waals surface area contributed by atoms with Crippen molar-refractivity contribution in [3.8, 4) is 0 Å². The Balaban J connectivity index is 0.000000138. The van der Waals surface area contributed by atoms with E-state index >= 15 is 0 Å². The third-order valence-corrected chi connectivity index (χ3v) is 2.57. The van der Waals surface area contributed by atoms with Crippen molar-refractivity contribution in [2.75, 3.05) is 12.4 Å². The Morgan fingerprint density at radius 2 is 1.44 bits per heavy atom. The maximum atomic E-state index is 4.18. The largest absolute Gasteiger partial charge is 0.388 e. The monoisotopic (exact) mass is 236 g/mol. The lowest BCUT2D eigenvalue weighted by Crippen LogP contribution is -1.84. The van der Waals surface area contributed by atoms with Crippen LogP contribution in [0.25, 0.3) is 10.9 Å². The summed E-state index contributed by atoms with van der Waals surface area (Å²) in [6, 6.07) is 22.2. The van der Waals surface area contributed by atoms with E-state index in [0.717, 1.165) is 11.2 Å². The predicted octanol–water partition coefficient (Wildman–Crippen LogP) is 3.96. The number of nitrogens with zero attached hydrogens (tertiary/aromatic N) is 1. The van der Waals surface area contributed by atoms with E-state index in [1.165, 1.54) is 5.39 Å². The summed E-state index contributed by atoms with van der Waals surface area (Å²) >= 11 is 0. The molecule has 1 aromatic heterocycles. The molecule has 3 aromatic rings. The summed E-state index contributed by atoms with van der Waals surface area (Å²) in [4.78, 5) is 4.18. The van der Waals surface area contributed by atoms with Crippen molar-refractivity contribution in [2.45, 2.75) is 0 Å². The predicted molar refractivity (Wildman–Crippen MR) is 77.7 cm³/mol. The zero-order chi connectivity index (χ0) is 12.6. The SMILES string of the molecule is CNc1ccccc1.c1ccc2ncccc2c1. The first-order valence-electron chi connectivity index (χ1n) is 5.93. The lowest BCUT2D eigenvalue weighted by molar-refractivity contribution is 1.41. The van der Waals surface area contributed by atoms with Gasteiger partial charge in [0.05, 0.1) is 5.52 Å². The molecule has 0 amide bonds. The molecule has 2 heteroatoms. The summed E-state index contributed by atoms with van der Waals surface area (Å²) in [6.45, 7) is 0. The average Bonchev–Trinajstić information content (AvgIpc) is 2.49. The van der Waals surface area contributed by atoms with Gasteiger partial charge in [0.1, 0.15) is 0 Å². The van der Waals surface area contributed by atoms with E-state index in [4.69, 9.17) is 0 Å². The number of benzene rings is 2. The van der Waals surface area contributed by atoms with E-state index in [1.807, 2.05) is 67.8 Å². The minimum Gasteiger partial charge on any atom is -0.388 e. The van der Waals surface area contributed by atoms with Crippen LogP contribution in [0, 0.1) is 0 Å². The number of anilines is 1. The Bertz CT molecular complexity index is 526. The van der Waals surface area contributed by atoms with Crippen molar-refractivity contribution < 1.29 is 0 Å². The Kier molecular flexibility index (Phi) is 4.31. The summed E-state index contributed by atoms with van der Waals surface area (Å²) < 4.78 is 0. The van der Waals surface area contributed by atoms with Crippen molar-refractivity contribution in [3.63, 3.8) is 0 Å². The number of pyridine rings is 1. The Hall–Kier alpha value is -2.35. The summed E-state index contributed by atoms with van der Waals surface area (Å²) in [5.74, 6) is 0. The van der Waals surface area contributed by atoms with Crippen LogP contribution in [0.5, 0.6) is 0 Å². The molecule has 0 bridgehead atoms. The molecule has 0 aliphatic rings. The third kappa shape index (κ3) is 3.32. The van der Waals surface area contributed by atoms with Crippen molar-refractivity contribution in [2.24, 2.45) is 0 Å². The van der Waals surface area contributed by atoms with Crippen molar-refractivity contribution >= 4 is 16.6 Å². The normalized spacial score (nSPS) is 9.39. The molecule has 90 valence electrons. The molecule has 1 heterocycles. The number of para-hydroxylation sites is 2. The molecule has 2 aromatic carbocycles. The smallest absolute Gasteiger partial charge is 0.0701 e. The van der Waals surface area contributed by atoms with Crippen LogP contribution in [0.1, 0.15) is 0 Å². The second-order valence-corrected chi connectivity index (χ2v) is 3.81. The second kappa shape index (κ2) is 6.40. The van der Waals surface area contributed by atoms with Gasteiger partial charge in [-0.25, -0.2) is 0 Å². The molecule has 0 aliphatic carbocycles. The van der Waals surface area contributed by atoms with Gasteiger partial charge in [-0.3, -0.25) is 4.98 Å². The highest BCUT2D eigenvalue weighted by atomic mass is 14.8. The molecule has 1 N–H and O–H groups in total. The maximum Gasteiger partial charge on any atom is 0.0701 e. The first kappa shape index (κ1) is 12.1. The zero-order valence-electron chi connectivity index (χ0n) is 10.4. The molecular weight excluding hydrogens is 220 g/mol. The first-order chi connectivity index (χ1) is 8.90. The summed E-state index contributed by atoms with van der Waals surface area (Å²) in [7, 11) is 1.91. The van der Waals surface area contributed by atoms with Crippen LogP contribution >= 0.6 is 0 Å². The lowest BCUT2D eigenvalue weighted by Gasteiger charge is -1.94. The number of nitrogens with one attached hydrogen (secondary N) is 1. The van der Waals surface area contributed by atoms with Gasteiger partial charge in [-0.15, -0.1) is 0 Å². The van der Waals surface area contributed by atoms with Crippen LogP contribution in [-0.2, 0) is 0 Å². The van der Waals surface area contributed by atoms with Gasteiger partial charge in [-0.05, 0) is 24.3 Å². The molecule has 18 heavy (non-hydrogen) atoms. The minimum atomic E-state index is 1.06. The van der Waals surface area contributed by atoms with Gasteiger partial charge in [0.2, 0.25) is 0 Å². The van der Waals surface area contributed by atoms with Gasteiger partial charge in [0.25, 0.3) is 0 Å². The number of hydrogen-bond acceptors (Lipinski definition) is 2. The van der Waals surface area contributed by atoms with Crippen molar-refractivity contribution in [3.05, 3.63) is 72.9 Å². The summed E-state index contributed by atoms with van der Waals surface area (Å²) in [5.41, 5.74) is 2.22. The Morgan fingerprint density at radius 1 is 0.778 bits per heavy atom. The molecule has 0 saturated carbocycles. The van der Waals surface area contributed by atoms with Crippen LogP contribution in [0.2, 0.25) is 0 Å². The number of aromatic nitrogens is 1. The van der Waals surface area contributed by atoms with Crippen LogP contribution in [0.15, 0.2) is 72.9 Å². The van der Waals surface area contributed by atoms with Gasteiger partial charge >= 0.3 is 0 Å². The van der Waals surface area contributed by atoms with Gasteiger partial charge in [0.15, 0.2) is 0 Å². The van der Waals surface area contributed by atoms with Gasteiger partial charge < -0.3 is 5.32 Å². The van der Waals surface area contributed by atoms with Crippen LogP contribution in [0.4, 0.5) is 5.69 Å². The first-order valence-corrected chi connectivity index (χ1v) is 5.93. The fourth-order valence-electron chi connectivity index (χ4n) is 1.62. The van der Waals surface area contributed by atoms with Crippen molar-refractivity contribution in [1.29, 1.82) is 0 Å². The standard InChI is InChI=1S/C9H7N.C7H9N/c1-2-6-9-8(4-1)5-3-7-10-9;1-8-7-5-3-2-4-6-7/h1-7H;2-6,8H,1H3. The van der Waals surface area contributed by atoms with Gasteiger partial charge in [-0.2, -0.15) is 0 Å². The minimum absolute atomic E-state index is 1.06. The number of rotatable bonds is 1. The Morgan fingerprint density at radius 3 is 2.11 bits per heavy atom. The highest BCUT2D eigenvalue weighted by Crippen LogP contribution is 2.07. The highest BCUT2D eigenvalue weighted by molar-refractivity contribution is 5.77. The molecule has 0 atom stereocenters. The maximum absolute atomic E-state index is 4.18. The topological polar surface area (TPSA) is 24.9 Å². The van der Waals surface area contributed by atoms with Gasteiger partial charge in [0, 0.05) is 24.3 Å². The molecule has 0 aliphatic heterocycles. The molecule has 2 nitrogen and oxygen atoms in total. The fourth-order valence-corrected chi connectivity index (χ4v) is 1.62. The number of fused-ring (bicyclic) bond motifs is 1. The van der Waals surface area contributed by atoms with Crippen LogP contribution < -0.4 is 5.32 Å². The molecular formula is C16H16N2. The third-order valence-electron chi connectivity index (χ3n) is 2.57. The van der Waals surface area contributed by atoms with E-state index in [9.17, 15) is 0 Å². The second-order valence-electron chi connectivity index (χ2n) is 3.81. The molecule has 0 fully saturated rings. The van der Waals surface area contributed by atoms with Crippen LogP contribution in [0.3, 0.4) is 0 Å². The van der Waals surface area contributed by atoms with E-state index < -0.39 is 0 Å². The van der Waals surface area contributed by atoms with E-state index in [-0.39, 0.29) is 0 Å². The Labute approximate surface area is 107 Å².